The van der Waals surface area contributed by atoms with E-state index in [0.717, 1.165) is 25.1 Å². The molecule has 1 rings (SSSR count). The molecular weight excluding hydrogens is 192 g/mol. The van der Waals surface area contributed by atoms with Gasteiger partial charge in [-0.05, 0) is 25.0 Å². The average Bonchev–Trinajstić information content (AvgIpc) is 2.25. The minimum absolute atomic E-state index is 0.292. The van der Waals surface area contributed by atoms with Gasteiger partial charge in [0.05, 0.1) is 5.56 Å². The van der Waals surface area contributed by atoms with E-state index in [1.807, 2.05) is 6.92 Å². The first-order chi connectivity index (χ1) is 7.17. The summed E-state index contributed by atoms with van der Waals surface area (Å²) in [4.78, 5) is 15.1. The summed E-state index contributed by atoms with van der Waals surface area (Å²) in [5, 5.41) is 12.0. The molecule has 0 aromatic carbocycles. The number of pyridine rings is 1. The molecule has 2 N–H and O–H groups in total. The van der Waals surface area contributed by atoms with Gasteiger partial charge in [-0.3, -0.25) is 0 Å². The molecule has 0 spiro atoms. The number of carbonyl (C=O) groups is 1. The number of hydrogen-bond donors (Lipinski definition) is 2. The van der Waals surface area contributed by atoms with E-state index in [9.17, 15) is 4.79 Å². The lowest BCUT2D eigenvalue weighted by molar-refractivity contribution is 0.0696. The molecule has 0 amide bonds. The van der Waals surface area contributed by atoms with E-state index in [2.05, 4.69) is 17.2 Å². The number of aryl methyl sites for hydroxylation is 1. The molecule has 0 saturated heterocycles. The van der Waals surface area contributed by atoms with Gasteiger partial charge in [0.1, 0.15) is 5.82 Å². The molecule has 0 bridgehead atoms. The summed E-state index contributed by atoms with van der Waals surface area (Å²) in [7, 11) is 0. The van der Waals surface area contributed by atoms with E-state index in [1.165, 1.54) is 0 Å². The Balaban J connectivity index is 2.95. The standard InChI is InChI=1S/C11H16N2O2/c1-3-5-12-10-7-8(11(14)15)6-9(4-2)13-10/h6-7H,3-5H2,1-2H3,(H,12,13)(H,14,15). The molecule has 0 atom stereocenters. The van der Waals surface area contributed by atoms with E-state index in [4.69, 9.17) is 5.11 Å². The quantitative estimate of drug-likeness (QED) is 0.778. The molecule has 1 heterocycles. The zero-order chi connectivity index (χ0) is 11.3. The summed E-state index contributed by atoms with van der Waals surface area (Å²) in [6, 6.07) is 3.18. The molecule has 0 fully saturated rings. The van der Waals surface area contributed by atoms with Crippen LogP contribution in [0.4, 0.5) is 5.82 Å². The van der Waals surface area contributed by atoms with E-state index in [0.29, 0.717) is 11.4 Å². The molecule has 0 unspecified atom stereocenters. The lowest BCUT2D eigenvalue weighted by Gasteiger charge is -2.07. The van der Waals surface area contributed by atoms with Crippen LogP contribution < -0.4 is 5.32 Å². The molecule has 0 radical (unpaired) electrons. The van der Waals surface area contributed by atoms with Gasteiger partial charge in [-0.1, -0.05) is 13.8 Å². The van der Waals surface area contributed by atoms with Crippen LogP contribution in [0, 0.1) is 0 Å². The Morgan fingerprint density at radius 3 is 2.73 bits per heavy atom. The van der Waals surface area contributed by atoms with Gasteiger partial charge in [0.2, 0.25) is 0 Å². The topological polar surface area (TPSA) is 62.2 Å². The van der Waals surface area contributed by atoms with Crippen molar-refractivity contribution in [2.45, 2.75) is 26.7 Å². The van der Waals surface area contributed by atoms with Gasteiger partial charge in [0, 0.05) is 12.2 Å². The maximum Gasteiger partial charge on any atom is 0.335 e. The van der Waals surface area contributed by atoms with Crippen molar-refractivity contribution in [3.05, 3.63) is 23.4 Å². The number of carboxylic acid groups (broad SMARTS) is 1. The largest absolute Gasteiger partial charge is 0.478 e. The Bertz CT molecular complexity index is 350. The number of aromatic nitrogens is 1. The summed E-state index contributed by atoms with van der Waals surface area (Å²) >= 11 is 0. The van der Waals surface area contributed by atoms with Crippen molar-refractivity contribution >= 4 is 11.8 Å². The predicted octanol–water partition coefficient (Wildman–Crippen LogP) is 2.16. The van der Waals surface area contributed by atoms with Crippen molar-refractivity contribution in [1.29, 1.82) is 0 Å². The predicted molar refractivity (Wildman–Crippen MR) is 59.4 cm³/mol. The van der Waals surface area contributed by atoms with Crippen molar-refractivity contribution in [3.63, 3.8) is 0 Å². The zero-order valence-electron chi connectivity index (χ0n) is 9.08. The van der Waals surface area contributed by atoms with Crippen LogP contribution in [-0.2, 0) is 6.42 Å². The average molecular weight is 208 g/mol. The van der Waals surface area contributed by atoms with Crippen LogP contribution in [0.5, 0.6) is 0 Å². The van der Waals surface area contributed by atoms with Crippen molar-refractivity contribution in [2.24, 2.45) is 0 Å². The molecule has 0 aliphatic rings. The van der Waals surface area contributed by atoms with Gasteiger partial charge in [0.25, 0.3) is 0 Å². The number of nitrogens with one attached hydrogen (secondary N) is 1. The summed E-state index contributed by atoms with van der Waals surface area (Å²) in [5.41, 5.74) is 1.09. The fourth-order valence-electron chi connectivity index (χ4n) is 1.24. The Morgan fingerprint density at radius 1 is 1.47 bits per heavy atom. The van der Waals surface area contributed by atoms with Gasteiger partial charge < -0.3 is 10.4 Å². The first kappa shape index (κ1) is 11.5. The van der Waals surface area contributed by atoms with Crippen molar-refractivity contribution in [3.8, 4) is 0 Å². The summed E-state index contributed by atoms with van der Waals surface area (Å²) in [6.07, 6.45) is 1.72. The Kier molecular flexibility index (Phi) is 4.09. The van der Waals surface area contributed by atoms with E-state index in [-0.39, 0.29) is 0 Å². The lowest BCUT2D eigenvalue weighted by atomic mass is 10.2. The second-order valence-electron chi connectivity index (χ2n) is 3.32. The maximum atomic E-state index is 10.8. The highest BCUT2D eigenvalue weighted by Crippen LogP contribution is 2.11. The summed E-state index contributed by atoms with van der Waals surface area (Å²) < 4.78 is 0. The van der Waals surface area contributed by atoms with Gasteiger partial charge in [0.15, 0.2) is 0 Å². The van der Waals surface area contributed by atoms with Gasteiger partial charge in [-0.15, -0.1) is 0 Å². The minimum Gasteiger partial charge on any atom is -0.478 e. The number of nitrogens with zero attached hydrogens (tertiary/aromatic N) is 1. The highest BCUT2D eigenvalue weighted by Gasteiger charge is 2.06. The van der Waals surface area contributed by atoms with Crippen LogP contribution in [0.1, 0.15) is 36.3 Å². The normalized spacial score (nSPS) is 10.0. The third-order valence-corrected chi connectivity index (χ3v) is 2.04. The first-order valence-electron chi connectivity index (χ1n) is 5.15. The highest BCUT2D eigenvalue weighted by molar-refractivity contribution is 5.88. The molecule has 82 valence electrons. The van der Waals surface area contributed by atoms with Crippen LogP contribution in [0.15, 0.2) is 12.1 Å². The monoisotopic (exact) mass is 208 g/mol. The smallest absolute Gasteiger partial charge is 0.335 e. The zero-order valence-corrected chi connectivity index (χ0v) is 9.08. The summed E-state index contributed by atoms with van der Waals surface area (Å²) in [6.45, 7) is 4.81. The van der Waals surface area contributed by atoms with Crippen LogP contribution in [-0.4, -0.2) is 22.6 Å². The Morgan fingerprint density at radius 2 is 2.20 bits per heavy atom. The number of aromatic carboxylic acids is 1. The number of rotatable bonds is 5. The second-order valence-corrected chi connectivity index (χ2v) is 3.32. The number of carboxylic acids is 1. The molecule has 0 saturated carbocycles. The molecule has 15 heavy (non-hydrogen) atoms. The summed E-state index contributed by atoms with van der Waals surface area (Å²) in [5.74, 6) is -0.264. The van der Waals surface area contributed by atoms with Crippen LogP contribution >= 0.6 is 0 Å². The highest BCUT2D eigenvalue weighted by atomic mass is 16.4. The van der Waals surface area contributed by atoms with Gasteiger partial charge in [-0.25, -0.2) is 9.78 Å². The Hall–Kier alpha value is -1.58. The molecule has 1 aromatic rings. The van der Waals surface area contributed by atoms with Crippen LogP contribution in [0.2, 0.25) is 0 Å². The van der Waals surface area contributed by atoms with Crippen molar-refractivity contribution < 1.29 is 9.90 Å². The van der Waals surface area contributed by atoms with Crippen molar-refractivity contribution in [1.82, 2.24) is 4.98 Å². The third-order valence-electron chi connectivity index (χ3n) is 2.04. The molecule has 1 aromatic heterocycles. The van der Waals surface area contributed by atoms with Crippen molar-refractivity contribution in [2.75, 3.05) is 11.9 Å². The molecular formula is C11H16N2O2. The third kappa shape index (κ3) is 3.23. The van der Waals surface area contributed by atoms with Gasteiger partial charge in [-0.2, -0.15) is 0 Å². The van der Waals surface area contributed by atoms with Gasteiger partial charge >= 0.3 is 5.97 Å². The van der Waals surface area contributed by atoms with E-state index >= 15 is 0 Å². The lowest BCUT2D eigenvalue weighted by Crippen LogP contribution is -2.06. The molecule has 4 heteroatoms. The van der Waals surface area contributed by atoms with E-state index < -0.39 is 5.97 Å². The number of hydrogen-bond acceptors (Lipinski definition) is 3. The van der Waals surface area contributed by atoms with Crippen LogP contribution in [0.25, 0.3) is 0 Å². The first-order valence-corrected chi connectivity index (χ1v) is 5.15. The SMILES string of the molecule is CCCNc1cc(C(=O)O)cc(CC)n1. The maximum absolute atomic E-state index is 10.8. The van der Waals surface area contributed by atoms with Crippen LogP contribution in [0.3, 0.4) is 0 Å². The fraction of sp³-hybridized carbons (Fsp3) is 0.455. The van der Waals surface area contributed by atoms with E-state index in [1.54, 1.807) is 12.1 Å². The Labute approximate surface area is 89.3 Å². The minimum atomic E-state index is -0.911. The number of anilines is 1. The molecule has 0 aliphatic carbocycles. The molecule has 4 nitrogen and oxygen atoms in total. The molecule has 0 aliphatic heterocycles. The second kappa shape index (κ2) is 5.34. The fourth-order valence-corrected chi connectivity index (χ4v) is 1.24.